The Balaban J connectivity index is 2.44. The van der Waals surface area contributed by atoms with E-state index in [1.165, 1.54) is 16.5 Å². The Kier molecular flexibility index (Phi) is 7.42. The van der Waals surface area contributed by atoms with Crippen LogP contribution in [0.3, 0.4) is 0 Å². The van der Waals surface area contributed by atoms with Crippen LogP contribution in [0.4, 0.5) is 0 Å². The summed E-state index contributed by atoms with van der Waals surface area (Å²) >= 11 is -4.75. The van der Waals surface area contributed by atoms with Gasteiger partial charge < -0.3 is 0 Å². The van der Waals surface area contributed by atoms with Crippen molar-refractivity contribution in [1.82, 2.24) is 0 Å². The fourth-order valence-corrected chi connectivity index (χ4v) is 60.6. The molecule has 0 atom stereocenters. The third kappa shape index (κ3) is 5.61. The molecule has 0 saturated heterocycles. The van der Waals surface area contributed by atoms with Crippen molar-refractivity contribution < 1.29 is 0 Å². The Morgan fingerprint density at radius 3 is 1.21 bits per heavy atom. The van der Waals surface area contributed by atoms with Crippen LogP contribution in [0.5, 0.6) is 0 Å². The first-order valence-corrected chi connectivity index (χ1v) is 30.6. The molecule has 0 spiro atoms. The van der Waals surface area contributed by atoms with Gasteiger partial charge in [0.25, 0.3) is 0 Å². The molecule has 3 rings (SSSR count). The first-order chi connectivity index (χ1) is 13.7. The fraction of sp³-hybridized carbons (Fsp3) is 0.231. The second kappa shape index (κ2) is 9.47. The zero-order valence-corrected chi connectivity index (χ0v) is 24.4. The van der Waals surface area contributed by atoms with Crippen LogP contribution in [0.15, 0.2) is 92.6 Å². The van der Waals surface area contributed by atoms with E-state index in [0.717, 1.165) is 0 Å². The van der Waals surface area contributed by atoms with Crippen molar-refractivity contribution in [3.8, 4) is 0 Å². The summed E-state index contributed by atoms with van der Waals surface area (Å²) < 4.78 is 1.93. The maximum absolute atomic E-state index is 2.61. The molecule has 0 nitrogen and oxygen atoms in total. The first-order valence-electron chi connectivity index (χ1n) is 10.6. The van der Waals surface area contributed by atoms with Crippen molar-refractivity contribution in [3.63, 3.8) is 0 Å². The second-order valence-corrected chi connectivity index (χ2v) is 42.5. The van der Waals surface area contributed by atoms with E-state index in [-0.39, 0.29) is 0 Å². The van der Waals surface area contributed by atoms with Gasteiger partial charge in [-0.1, -0.05) is 0 Å². The van der Waals surface area contributed by atoms with Crippen LogP contribution in [-0.2, 0) is 0 Å². The fourth-order valence-electron chi connectivity index (χ4n) is 4.82. The topological polar surface area (TPSA) is 0 Å². The third-order valence-electron chi connectivity index (χ3n) is 5.41. The van der Waals surface area contributed by atoms with E-state index in [0.29, 0.717) is 6.71 Å². The molecule has 3 aromatic carbocycles. The minimum absolute atomic E-state index is 0.293. The number of benzene rings is 3. The number of hydrogen-bond donors (Lipinski definition) is 0. The van der Waals surface area contributed by atoms with E-state index < -0.39 is 36.8 Å². The molecule has 0 heterocycles. The molecule has 148 valence electrons. The van der Waals surface area contributed by atoms with Gasteiger partial charge in [0, 0.05) is 0 Å². The van der Waals surface area contributed by atoms with Crippen LogP contribution in [-0.4, -0.2) is 43.5 Å². The molecule has 0 aliphatic heterocycles. The molecule has 0 amide bonds. The molecule has 3 aromatic rings. The Labute approximate surface area is 186 Å². The summed E-state index contributed by atoms with van der Waals surface area (Å²) in [6, 6.07) is 33.5. The Hall–Kier alpha value is -0.938. The van der Waals surface area contributed by atoms with Gasteiger partial charge in [-0.25, -0.2) is 0 Å². The molecule has 3 heteroatoms. The van der Waals surface area contributed by atoms with Crippen molar-refractivity contribution in [2.45, 2.75) is 29.6 Å². The number of rotatable bonds is 6. The normalized spacial score (nSPS) is 11.8. The quantitative estimate of drug-likeness (QED) is 0.306. The van der Waals surface area contributed by atoms with Crippen LogP contribution in [0, 0.1) is 0 Å². The molecule has 29 heavy (non-hydrogen) atoms. The average molecular weight is 594 g/mol. The molecular weight excluding hydrogens is 561 g/mol. The van der Waals surface area contributed by atoms with Gasteiger partial charge >= 0.3 is 188 Å². The van der Waals surface area contributed by atoms with Gasteiger partial charge in [-0.3, -0.25) is 0 Å². The van der Waals surface area contributed by atoms with Gasteiger partial charge in [0.15, 0.2) is 0 Å². The predicted molar refractivity (Wildman–Crippen MR) is 138 cm³/mol. The minimum atomic E-state index is -2.38. The monoisotopic (exact) mass is 596 g/mol. The Morgan fingerprint density at radius 1 is 0.517 bits per heavy atom. The second-order valence-electron chi connectivity index (χ2n) is 9.91. The van der Waals surface area contributed by atoms with Crippen molar-refractivity contribution in [3.05, 3.63) is 98.2 Å². The van der Waals surface area contributed by atoms with Crippen LogP contribution < -0.4 is 10.9 Å². The Morgan fingerprint density at radius 2 is 0.862 bits per heavy atom. The standard InChI is InChI=1S/C20H15B.6CH3.2Sn/c1-17(18-11-5-2-6-12-18)21(19-13-7-3-8-14-19)20-15-9-4-10-16-20;;;;;;;;/h2-16H;6*1H3;;. The van der Waals surface area contributed by atoms with Gasteiger partial charge in [-0.05, 0) is 0 Å². The molecule has 0 saturated carbocycles. The van der Waals surface area contributed by atoms with Gasteiger partial charge in [0.1, 0.15) is 0 Å². The van der Waals surface area contributed by atoms with Crippen LogP contribution in [0.1, 0.15) is 5.56 Å². The summed E-state index contributed by atoms with van der Waals surface area (Å²) in [5.74, 6) is 0. The average Bonchev–Trinajstić information content (AvgIpc) is 2.68. The summed E-state index contributed by atoms with van der Waals surface area (Å²) in [5, 5.41) is 0. The molecule has 0 unspecified atom stereocenters. The van der Waals surface area contributed by atoms with Crippen molar-refractivity contribution in [2.75, 3.05) is 0 Å². The molecule has 0 fully saturated rings. The molecule has 0 bridgehead atoms. The molecule has 0 aliphatic rings. The summed E-state index contributed by atoms with van der Waals surface area (Å²) in [6.45, 7) is 0.293. The SMILES string of the molecule is [CH3][Sn]([CH3])([CH3])[C](=C(B(c1ccccc1)c1ccccc1)c1ccccc1)[Sn]([CH3])([CH3])[CH3]. The molecule has 0 aliphatic carbocycles. The van der Waals surface area contributed by atoms with E-state index in [2.05, 4.69) is 121 Å². The van der Waals surface area contributed by atoms with Crippen LogP contribution in [0.25, 0.3) is 5.47 Å². The van der Waals surface area contributed by atoms with E-state index in [1.807, 2.05) is 1.60 Å². The van der Waals surface area contributed by atoms with Crippen LogP contribution >= 0.6 is 0 Å². The van der Waals surface area contributed by atoms with Gasteiger partial charge in [0.2, 0.25) is 0 Å². The summed E-state index contributed by atoms with van der Waals surface area (Å²) in [6.07, 6.45) is 0. The van der Waals surface area contributed by atoms with E-state index in [9.17, 15) is 0 Å². The summed E-state index contributed by atoms with van der Waals surface area (Å²) in [7, 11) is 0. The van der Waals surface area contributed by atoms with Crippen LogP contribution in [0.2, 0.25) is 29.6 Å². The van der Waals surface area contributed by atoms with E-state index in [1.54, 1.807) is 5.47 Å². The third-order valence-corrected chi connectivity index (χ3v) is 44.2. The van der Waals surface area contributed by atoms with Crippen molar-refractivity contribution in [2.24, 2.45) is 0 Å². The van der Waals surface area contributed by atoms with Gasteiger partial charge in [0.05, 0.1) is 0 Å². The molecule has 0 N–H and O–H groups in total. The van der Waals surface area contributed by atoms with Gasteiger partial charge in [-0.15, -0.1) is 0 Å². The summed E-state index contributed by atoms with van der Waals surface area (Å²) in [4.78, 5) is 15.7. The summed E-state index contributed by atoms with van der Waals surface area (Å²) in [5.41, 5.74) is 5.84. The van der Waals surface area contributed by atoms with E-state index >= 15 is 0 Å². The zero-order chi connectivity index (χ0) is 21.1. The molecular formula is C26H33BSn2. The van der Waals surface area contributed by atoms with Gasteiger partial charge in [-0.2, -0.15) is 0 Å². The van der Waals surface area contributed by atoms with Crippen molar-refractivity contribution in [1.29, 1.82) is 0 Å². The number of hydrogen-bond acceptors (Lipinski definition) is 0. The zero-order valence-electron chi connectivity index (χ0n) is 18.7. The maximum atomic E-state index is 2.61. The molecule has 0 aromatic heterocycles. The molecule has 0 radical (unpaired) electrons. The Bertz CT molecular complexity index is 895. The van der Waals surface area contributed by atoms with Crippen molar-refractivity contribution >= 4 is 59.9 Å². The predicted octanol–water partition coefficient (Wildman–Crippen LogP) is 6.04. The first kappa shape index (κ1) is 22.7. The van der Waals surface area contributed by atoms with E-state index in [4.69, 9.17) is 0 Å².